The van der Waals surface area contributed by atoms with Crippen LogP contribution in [-0.4, -0.2) is 0 Å². The fourth-order valence-electron chi connectivity index (χ4n) is 1.87. The molecular weight excluding hydrogens is 233 g/mol. The molecule has 0 fully saturated rings. The molecule has 1 unspecified atom stereocenters. The number of hydrogen-bond donors (Lipinski definition) is 1. The summed E-state index contributed by atoms with van der Waals surface area (Å²) in [5.41, 5.74) is 8.61. The normalized spacial score (nSPS) is 12.6. The minimum atomic E-state index is -0.227. The summed E-state index contributed by atoms with van der Waals surface area (Å²) in [6.45, 7) is 1.77. The van der Waals surface area contributed by atoms with Gasteiger partial charge >= 0.3 is 0 Å². The van der Waals surface area contributed by atoms with E-state index >= 15 is 0 Å². The van der Waals surface area contributed by atoms with E-state index in [9.17, 15) is 4.39 Å². The van der Waals surface area contributed by atoms with Crippen LogP contribution in [0.4, 0.5) is 4.39 Å². The molecule has 2 aromatic rings. The number of nitrogens with two attached hydrogens (primary N) is 1. The first kappa shape index (κ1) is 12.3. The van der Waals surface area contributed by atoms with Crippen LogP contribution < -0.4 is 5.73 Å². The number of hydrogen-bond acceptors (Lipinski definition) is 2. The van der Waals surface area contributed by atoms with Gasteiger partial charge < -0.3 is 5.73 Å². The molecule has 1 aromatic carbocycles. The van der Waals surface area contributed by atoms with E-state index in [-0.39, 0.29) is 11.9 Å². The molecule has 0 amide bonds. The fraction of sp³-hybridized carbons (Fsp3) is 0.286. The second-order valence-electron chi connectivity index (χ2n) is 4.25. The molecule has 0 aliphatic carbocycles. The van der Waals surface area contributed by atoms with Gasteiger partial charge in [0.05, 0.1) is 0 Å². The molecule has 0 bridgehead atoms. The van der Waals surface area contributed by atoms with E-state index in [1.807, 2.05) is 11.4 Å². The average Bonchev–Trinajstić information content (AvgIpc) is 2.82. The van der Waals surface area contributed by atoms with Crippen LogP contribution in [0.2, 0.25) is 0 Å². The monoisotopic (exact) mass is 249 g/mol. The molecule has 1 heterocycles. The van der Waals surface area contributed by atoms with Gasteiger partial charge in [0.25, 0.3) is 0 Å². The van der Waals surface area contributed by atoms with Crippen molar-refractivity contribution in [2.45, 2.75) is 25.8 Å². The number of thiophene rings is 1. The minimum absolute atomic E-state index is 0.162. The highest BCUT2D eigenvalue weighted by Gasteiger charge is 2.12. The van der Waals surface area contributed by atoms with Crippen molar-refractivity contribution in [3.63, 3.8) is 0 Å². The predicted octanol–water partition coefficient (Wildman–Crippen LogP) is 3.83. The van der Waals surface area contributed by atoms with Gasteiger partial charge in [-0.05, 0) is 47.7 Å². The van der Waals surface area contributed by atoms with Crippen molar-refractivity contribution in [3.8, 4) is 0 Å². The summed E-state index contributed by atoms with van der Waals surface area (Å²) in [6.07, 6.45) is 1.68. The molecule has 0 saturated carbocycles. The van der Waals surface area contributed by atoms with Gasteiger partial charge in [-0.3, -0.25) is 0 Å². The van der Waals surface area contributed by atoms with Gasteiger partial charge in [-0.25, -0.2) is 4.39 Å². The van der Waals surface area contributed by atoms with Crippen LogP contribution in [0.1, 0.15) is 29.2 Å². The molecule has 2 rings (SSSR count). The van der Waals surface area contributed by atoms with E-state index in [0.717, 1.165) is 12.8 Å². The Kier molecular flexibility index (Phi) is 3.92. The Hall–Kier alpha value is -1.19. The first-order valence-corrected chi connectivity index (χ1v) is 6.64. The molecule has 0 aliphatic rings. The number of rotatable bonds is 4. The van der Waals surface area contributed by atoms with Crippen LogP contribution in [0.5, 0.6) is 0 Å². The maximum atomic E-state index is 13.8. The van der Waals surface area contributed by atoms with E-state index in [2.05, 4.69) is 11.4 Å². The largest absolute Gasteiger partial charge is 0.324 e. The van der Waals surface area contributed by atoms with Crippen LogP contribution in [0, 0.1) is 12.7 Å². The summed E-state index contributed by atoms with van der Waals surface area (Å²) >= 11 is 1.68. The van der Waals surface area contributed by atoms with Gasteiger partial charge in [0, 0.05) is 11.6 Å². The van der Waals surface area contributed by atoms with Gasteiger partial charge in [-0.2, -0.15) is 11.3 Å². The standard InChI is InChI=1S/C14H16FNS/c1-10-3-2-4-12(14(10)15)13(16)6-5-11-7-8-17-9-11/h2-4,7-9,13H,5-6,16H2,1H3. The van der Waals surface area contributed by atoms with Crippen LogP contribution in [0.15, 0.2) is 35.0 Å². The van der Waals surface area contributed by atoms with Crippen LogP contribution >= 0.6 is 11.3 Å². The Morgan fingerprint density at radius 2 is 2.18 bits per heavy atom. The van der Waals surface area contributed by atoms with E-state index in [1.54, 1.807) is 30.4 Å². The highest BCUT2D eigenvalue weighted by molar-refractivity contribution is 7.07. The summed E-state index contributed by atoms with van der Waals surface area (Å²) in [5, 5.41) is 4.16. The number of benzene rings is 1. The molecule has 0 radical (unpaired) electrons. The molecule has 2 N–H and O–H groups in total. The third-order valence-electron chi connectivity index (χ3n) is 2.95. The Morgan fingerprint density at radius 3 is 2.88 bits per heavy atom. The summed E-state index contributed by atoms with van der Waals surface area (Å²) in [4.78, 5) is 0. The van der Waals surface area contributed by atoms with Crippen molar-refractivity contribution in [2.75, 3.05) is 0 Å². The highest BCUT2D eigenvalue weighted by atomic mass is 32.1. The van der Waals surface area contributed by atoms with E-state index in [0.29, 0.717) is 11.1 Å². The molecule has 17 heavy (non-hydrogen) atoms. The van der Waals surface area contributed by atoms with Crippen molar-refractivity contribution in [2.24, 2.45) is 5.73 Å². The van der Waals surface area contributed by atoms with E-state index in [4.69, 9.17) is 5.73 Å². The smallest absolute Gasteiger partial charge is 0.130 e. The van der Waals surface area contributed by atoms with Crippen LogP contribution in [-0.2, 0) is 6.42 Å². The van der Waals surface area contributed by atoms with Crippen molar-refractivity contribution in [1.82, 2.24) is 0 Å². The molecule has 90 valence electrons. The van der Waals surface area contributed by atoms with E-state index in [1.165, 1.54) is 5.56 Å². The lowest BCUT2D eigenvalue weighted by Crippen LogP contribution is -2.13. The topological polar surface area (TPSA) is 26.0 Å². The number of halogens is 1. The van der Waals surface area contributed by atoms with Crippen molar-refractivity contribution in [3.05, 3.63) is 57.5 Å². The van der Waals surface area contributed by atoms with Gasteiger partial charge in [-0.1, -0.05) is 18.2 Å². The van der Waals surface area contributed by atoms with Crippen molar-refractivity contribution in [1.29, 1.82) is 0 Å². The quantitative estimate of drug-likeness (QED) is 0.875. The first-order chi connectivity index (χ1) is 8.18. The summed E-state index contributed by atoms with van der Waals surface area (Å²) < 4.78 is 13.8. The van der Waals surface area contributed by atoms with Crippen molar-refractivity contribution >= 4 is 11.3 Å². The lowest BCUT2D eigenvalue weighted by atomic mass is 9.99. The Balaban J connectivity index is 2.04. The second kappa shape index (κ2) is 5.43. The summed E-state index contributed by atoms with van der Waals surface area (Å²) in [5.74, 6) is -0.162. The molecule has 0 spiro atoms. The Labute approximate surface area is 105 Å². The fourth-order valence-corrected chi connectivity index (χ4v) is 2.57. The SMILES string of the molecule is Cc1cccc(C(N)CCc2ccsc2)c1F. The Bertz CT molecular complexity index is 479. The molecule has 0 aliphatic heterocycles. The van der Waals surface area contributed by atoms with Gasteiger partial charge in [0.1, 0.15) is 5.82 Å². The third kappa shape index (κ3) is 2.93. The molecule has 1 aromatic heterocycles. The molecule has 3 heteroatoms. The predicted molar refractivity (Wildman–Crippen MR) is 70.7 cm³/mol. The van der Waals surface area contributed by atoms with Gasteiger partial charge in [0.2, 0.25) is 0 Å². The molecular formula is C14H16FNS. The third-order valence-corrected chi connectivity index (χ3v) is 3.68. The van der Waals surface area contributed by atoms with E-state index < -0.39 is 0 Å². The maximum absolute atomic E-state index is 13.8. The number of aryl methyl sites for hydroxylation is 2. The molecule has 0 saturated heterocycles. The highest BCUT2D eigenvalue weighted by Crippen LogP contribution is 2.22. The summed E-state index contributed by atoms with van der Waals surface area (Å²) in [6, 6.07) is 7.27. The van der Waals surface area contributed by atoms with Gasteiger partial charge in [0.15, 0.2) is 0 Å². The first-order valence-electron chi connectivity index (χ1n) is 5.70. The van der Waals surface area contributed by atoms with Gasteiger partial charge in [-0.15, -0.1) is 0 Å². The molecule has 1 nitrogen and oxygen atoms in total. The minimum Gasteiger partial charge on any atom is -0.324 e. The lowest BCUT2D eigenvalue weighted by Gasteiger charge is -2.13. The average molecular weight is 249 g/mol. The molecule has 1 atom stereocenters. The lowest BCUT2D eigenvalue weighted by molar-refractivity contribution is 0.558. The zero-order chi connectivity index (χ0) is 12.3. The zero-order valence-corrected chi connectivity index (χ0v) is 10.6. The maximum Gasteiger partial charge on any atom is 0.130 e. The Morgan fingerprint density at radius 1 is 1.35 bits per heavy atom. The second-order valence-corrected chi connectivity index (χ2v) is 5.03. The summed E-state index contributed by atoms with van der Waals surface area (Å²) in [7, 11) is 0. The van der Waals surface area contributed by atoms with Crippen molar-refractivity contribution < 1.29 is 4.39 Å². The van der Waals surface area contributed by atoms with Crippen LogP contribution in [0.25, 0.3) is 0 Å². The van der Waals surface area contributed by atoms with Crippen LogP contribution in [0.3, 0.4) is 0 Å². The zero-order valence-electron chi connectivity index (χ0n) is 9.82.